The lowest BCUT2D eigenvalue weighted by Crippen LogP contribution is -2.66. The van der Waals surface area contributed by atoms with Gasteiger partial charge in [-0.25, -0.2) is 0 Å². The van der Waals surface area contributed by atoms with Gasteiger partial charge in [-0.2, -0.15) is 0 Å². The topological polar surface area (TPSA) is 40.4 Å². The summed E-state index contributed by atoms with van der Waals surface area (Å²) >= 11 is 0. The third-order valence-corrected chi connectivity index (χ3v) is 11.2. The molecule has 1 aliphatic heterocycles. The quantitative estimate of drug-likeness (QED) is 0.193. The molecular formula is C47H37N3O. The number of hydrogen-bond donors (Lipinski definition) is 2. The van der Waals surface area contributed by atoms with Crippen LogP contribution in [0.3, 0.4) is 0 Å². The Morgan fingerprint density at radius 3 is 1.96 bits per heavy atom. The van der Waals surface area contributed by atoms with Crippen LogP contribution in [0.2, 0.25) is 0 Å². The molecule has 51 heavy (non-hydrogen) atoms. The van der Waals surface area contributed by atoms with E-state index in [4.69, 9.17) is 4.42 Å². The highest BCUT2D eigenvalue weighted by atomic mass is 16.3. The Balaban J connectivity index is 1.24. The molecule has 7 aromatic carbocycles. The van der Waals surface area contributed by atoms with Crippen LogP contribution in [-0.4, -0.2) is 18.1 Å². The molecule has 0 saturated carbocycles. The minimum atomic E-state index is -0.568. The molecule has 0 bridgehead atoms. The lowest BCUT2D eigenvalue weighted by Gasteiger charge is -2.53. The van der Waals surface area contributed by atoms with E-state index in [2.05, 4.69) is 192 Å². The van der Waals surface area contributed by atoms with E-state index in [-0.39, 0.29) is 18.5 Å². The van der Waals surface area contributed by atoms with Crippen molar-refractivity contribution in [2.45, 2.75) is 23.9 Å². The van der Waals surface area contributed by atoms with Gasteiger partial charge >= 0.3 is 0 Å². The summed E-state index contributed by atoms with van der Waals surface area (Å²) in [5.41, 5.74) is 12.3. The minimum Gasteiger partial charge on any atom is -0.455 e. The van der Waals surface area contributed by atoms with Gasteiger partial charge in [0.1, 0.15) is 11.2 Å². The van der Waals surface area contributed by atoms with E-state index in [9.17, 15) is 0 Å². The fraction of sp³-hybridized carbons (Fsp3) is 0.106. The first-order valence-electron chi connectivity index (χ1n) is 17.8. The van der Waals surface area contributed by atoms with Crippen molar-refractivity contribution in [3.8, 4) is 22.3 Å². The monoisotopic (exact) mass is 659 g/mol. The van der Waals surface area contributed by atoms with E-state index in [1.807, 2.05) is 6.07 Å². The molecular weight excluding hydrogens is 623 g/mol. The van der Waals surface area contributed by atoms with Crippen LogP contribution in [0.5, 0.6) is 0 Å². The number of fused-ring (bicyclic) bond motifs is 6. The minimum absolute atomic E-state index is 0.0491. The average Bonchev–Trinajstić information content (AvgIpc) is 3.73. The van der Waals surface area contributed by atoms with Crippen LogP contribution in [0.1, 0.15) is 40.1 Å². The van der Waals surface area contributed by atoms with Gasteiger partial charge in [0, 0.05) is 16.3 Å². The van der Waals surface area contributed by atoms with Crippen LogP contribution in [0.25, 0.3) is 44.2 Å². The van der Waals surface area contributed by atoms with Gasteiger partial charge in [-0.1, -0.05) is 164 Å². The van der Waals surface area contributed by atoms with E-state index < -0.39 is 5.41 Å². The van der Waals surface area contributed by atoms with Gasteiger partial charge in [-0.05, 0) is 63.7 Å². The van der Waals surface area contributed by atoms with Crippen molar-refractivity contribution in [3.63, 3.8) is 0 Å². The molecule has 2 N–H and O–H groups in total. The van der Waals surface area contributed by atoms with Crippen molar-refractivity contribution in [1.29, 1.82) is 0 Å². The summed E-state index contributed by atoms with van der Waals surface area (Å²) in [5.74, 6) is 0. The Morgan fingerprint density at radius 1 is 0.529 bits per heavy atom. The van der Waals surface area contributed by atoms with Crippen molar-refractivity contribution < 1.29 is 4.42 Å². The summed E-state index contributed by atoms with van der Waals surface area (Å²) in [6.45, 7) is 0. The van der Waals surface area contributed by atoms with Crippen LogP contribution in [-0.2, 0) is 5.41 Å². The number of furan rings is 1. The summed E-state index contributed by atoms with van der Waals surface area (Å²) in [4.78, 5) is 2.50. The van der Waals surface area contributed by atoms with Gasteiger partial charge in [0.2, 0.25) is 0 Å². The summed E-state index contributed by atoms with van der Waals surface area (Å²) in [6, 6.07) is 63.6. The molecule has 4 atom stereocenters. The van der Waals surface area contributed by atoms with Gasteiger partial charge in [-0.15, -0.1) is 0 Å². The molecule has 1 aliphatic carbocycles. The second kappa shape index (κ2) is 11.9. The molecule has 10 rings (SSSR count). The molecule has 4 heteroatoms. The normalized spacial score (nSPS) is 21.5. The highest BCUT2D eigenvalue weighted by Gasteiger charge is 2.54. The summed E-state index contributed by atoms with van der Waals surface area (Å²) in [6.07, 6.45) is -0.287. The zero-order valence-electron chi connectivity index (χ0n) is 28.3. The molecule has 246 valence electrons. The van der Waals surface area contributed by atoms with Crippen molar-refractivity contribution in [3.05, 3.63) is 204 Å². The smallest absolute Gasteiger partial charge is 0.143 e. The van der Waals surface area contributed by atoms with Crippen molar-refractivity contribution >= 4 is 21.9 Å². The second-order valence-corrected chi connectivity index (χ2v) is 13.8. The predicted octanol–water partition coefficient (Wildman–Crippen LogP) is 10.4. The van der Waals surface area contributed by atoms with Crippen molar-refractivity contribution in [1.82, 2.24) is 15.5 Å². The number of para-hydroxylation sites is 2. The lowest BCUT2D eigenvalue weighted by molar-refractivity contribution is 0.0166. The third kappa shape index (κ3) is 4.58. The zero-order chi connectivity index (χ0) is 33.9. The number of likely N-dealkylation sites (N-methyl/N-ethyl adjacent to an activating group) is 1. The number of hydrogen-bond acceptors (Lipinski definition) is 4. The molecule has 2 heterocycles. The molecule has 0 amide bonds. The highest BCUT2D eigenvalue weighted by Crippen LogP contribution is 2.57. The van der Waals surface area contributed by atoms with E-state index in [0.717, 1.165) is 33.1 Å². The number of nitrogens with one attached hydrogen (secondary N) is 2. The van der Waals surface area contributed by atoms with Gasteiger partial charge in [0.05, 0.1) is 23.9 Å². The van der Waals surface area contributed by atoms with Gasteiger partial charge < -0.3 is 4.42 Å². The first-order chi connectivity index (χ1) is 25.2. The average molecular weight is 660 g/mol. The third-order valence-electron chi connectivity index (χ3n) is 11.2. The standard InChI is InChI=1S/C47H37N3O/c1-50-45(32-18-7-3-8-19-32)48-44(31-16-5-2-6-17-31)49-46(50)47(34-20-9-4-10-21-34)40-26-13-11-22-36(40)37-29-28-33(30-41(37)47)35-24-15-25-39-38-23-12-14-27-42(38)51-43(35)39/h2-30,44-46,48-49H,1H3. The first kappa shape index (κ1) is 30.1. The summed E-state index contributed by atoms with van der Waals surface area (Å²) in [7, 11) is 2.26. The van der Waals surface area contributed by atoms with Crippen LogP contribution in [0.15, 0.2) is 180 Å². The van der Waals surface area contributed by atoms with Crippen molar-refractivity contribution in [2.24, 2.45) is 0 Å². The Hall–Kier alpha value is -5.78. The van der Waals surface area contributed by atoms with E-state index in [0.29, 0.717) is 0 Å². The van der Waals surface area contributed by atoms with Crippen molar-refractivity contribution in [2.75, 3.05) is 7.05 Å². The number of rotatable bonds is 5. The SMILES string of the molecule is CN1C(c2ccccc2)NC(c2ccccc2)NC1C1(c2ccccc2)c2ccccc2-c2ccc(-c3cccc4c3oc3ccccc34)cc21. The van der Waals surface area contributed by atoms with Crippen LogP contribution < -0.4 is 10.6 Å². The fourth-order valence-corrected chi connectivity index (χ4v) is 8.90. The van der Waals surface area contributed by atoms with E-state index in [1.165, 1.54) is 38.9 Å². The Morgan fingerprint density at radius 2 is 1.16 bits per heavy atom. The molecule has 8 aromatic rings. The largest absolute Gasteiger partial charge is 0.455 e. The summed E-state index contributed by atoms with van der Waals surface area (Å²) in [5, 5.41) is 10.4. The summed E-state index contributed by atoms with van der Waals surface area (Å²) < 4.78 is 6.59. The van der Waals surface area contributed by atoms with Gasteiger partial charge in [0.25, 0.3) is 0 Å². The lowest BCUT2D eigenvalue weighted by atomic mass is 9.68. The molecule has 1 fully saturated rings. The second-order valence-electron chi connectivity index (χ2n) is 13.8. The Kier molecular flexibility index (Phi) is 7.03. The number of benzene rings is 7. The molecule has 4 unspecified atom stereocenters. The molecule has 1 aromatic heterocycles. The maximum absolute atomic E-state index is 6.59. The fourth-order valence-electron chi connectivity index (χ4n) is 8.90. The Labute approximate surface area is 298 Å². The maximum atomic E-state index is 6.59. The molecule has 2 aliphatic rings. The highest BCUT2D eigenvalue weighted by molar-refractivity contribution is 6.09. The maximum Gasteiger partial charge on any atom is 0.143 e. The van der Waals surface area contributed by atoms with E-state index >= 15 is 0 Å². The van der Waals surface area contributed by atoms with Gasteiger partial charge in [0.15, 0.2) is 0 Å². The van der Waals surface area contributed by atoms with Crippen LogP contribution >= 0.6 is 0 Å². The molecule has 1 saturated heterocycles. The first-order valence-corrected chi connectivity index (χ1v) is 17.8. The number of nitrogens with zero attached hydrogens (tertiary/aromatic N) is 1. The van der Waals surface area contributed by atoms with Gasteiger partial charge in [-0.3, -0.25) is 15.5 Å². The van der Waals surface area contributed by atoms with Crippen LogP contribution in [0, 0.1) is 0 Å². The Bertz CT molecular complexity index is 2530. The zero-order valence-corrected chi connectivity index (χ0v) is 28.3. The van der Waals surface area contributed by atoms with E-state index in [1.54, 1.807) is 0 Å². The molecule has 4 nitrogen and oxygen atoms in total. The molecule has 0 spiro atoms. The van der Waals surface area contributed by atoms with Crippen LogP contribution in [0.4, 0.5) is 0 Å². The predicted molar refractivity (Wildman–Crippen MR) is 207 cm³/mol. The molecule has 0 radical (unpaired) electrons.